The lowest BCUT2D eigenvalue weighted by molar-refractivity contribution is 0.0873. The van der Waals surface area contributed by atoms with E-state index in [1.165, 1.54) is 77.9 Å². The van der Waals surface area contributed by atoms with Crippen LogP contribution in [0.2, 0.25) is 0 Å². The summed E-state index contributed by atoms with van der Waals surface area (Å²) >= 11 is 0. The highest BCUT2D eigenvalue weighted by Crippen LogP contribution is 2.45. The number of carbonyl (C=O) groups excluding carboxylic acids is 4. The van der Waals surface area contributed by atoms with E-state index >= 15 is 0 Å². The van der Waals surface area contributed by atoms with Gasteiger partial charge in [-0.2, -0.15) is 0 Å². The van der Waals surface area contributed by atoms with Crippen LogP contribution in [0.3, 0.4) is 0 Å². The van der Waals surface area contributed by atoms with E-state index in [-0.39, 0.29) is 11.1 Å². The van der Waals surface area contributed by atoms with Gasteiger partial charge in [-0.05, 0) is 128 Å². The lowest BCUT2D eigenvalue weighted by Crippen LogP contribution is -2.43. The number of imide groups is 2. The standard InChI is InChI=1S/C47H43N3O4/c51-44-37-25-26-38-42-41(37)39(46(53)49(44)35-21-15-32(16-22-35)29-9-3-4-10-29)27-40(48-34-19-13-31(14-20-34)28-7-1-2-8-28)43(42)47(54)50(45(38)52)36-23-17-33(18-24-36)30-11-5-6-12-30/h13-30,48H,1-12H2. The van der Waals surface area contributed by atoms with E-state index in [9.17, 15) is 19.2 Å². The zero-order valence-corrected chi connectivity index (χ0v) is 30.4. The maximum absolute atomic E-state index is 14.8. The number of nitrogens with zero attached hydrogens (tertiary/aromatic N) is 2. The van der Waals surface area contributed by atoms with Crippen molar-refractivity contribution < 1.29 is 19.2 Å². The van der Waals surface area contributed by atoms with Crippen LogP contribution in [-0.4, -0.2) is 23.6 Å². The first kappa shape index (κ1) is 33.0. The minimum absolute atomic E-state index is 0.278. The van der Waals surface area contributed by atoms with Crippen molar-refractivity contribution in [1.82, 2.24) is 0 Å². The summed E-state index contributed by atoms with van der Waals surface area (Å²) < 4.78 is 0. The van der Waals surface area contributed by atoms with Gasteiger partial charge in [-0.1, -0.05) is 74.9 Å². The van der Waals surface area contributed by atoms with E-state index in [1.54, 1.807) is 18.2 Å². The van der Waals surface area contributed by atoms with Crippen LogP contribution < -0.4 is 15.1 Å². The average molecular weight is 714 g/mol. The maximum atomic E-state index is 14.8. The normalized spacial score (nSPS) is 19.2. The second kappa shape index (κ2) is 13.1. The molecule has 0 bridgehead atoms. The van der Waals surface area contributed by atoms with Crippen molar-refractivity contribution in [2.75, 3.05) is 15.1 Å². The van der Waals surface area contributed by atoms with Crippen LogP contribution in [0.25, 0.3) is 10.8 Å². The molecule has 5 aliphatic rings. The minimum atomic E-state index is -0.486. The Kier molecular flexibility index (Phi) is 8.00. The smallest absolute Gasteiger partial charge is 0.268 e. The molecule has 10 rings (SSSR count). The molecule has 270 valence electrons. The molecule has 4 amide bonds. The summed E-state index contributed by atoms with van der Waals surface area (Å²) in [6, 6.07) is 29.0. The molecule has 0 atom stereocenters. The second-order valence-electron chi connectivity index (χ2n) is 16.0. The summed E-state index contributed by atoms with van der Waals surface area (Å²) in [5.74, 6) is -0.341. The molecule has 3 saturated carbocycles. The summed E-state index contributed by atoms with van der Waals surface area (Å²) in [6.07, 6.45) is 14.4. The topological polar surface area (TPSA) is 86.8 Å². The molecule has 1 N–H and O–H groups in total. The van der Waals surface area contributed by atoms with Crippen molar-refractivity contribution >= 4 is 57.2 Å². The molecule has 0 unspecified atom stereocenters. The molecule has 0 saturated heterocycles. The fraction of sp³-hybridized carbons (Fsp3) is 0.319. The molecule has 2 heterocycles. The van der Waals surface area contributed by atoms with Gasteiger partial charge in [0, 0.05) is 27.6 Å². The molecule has 5 aromatic rings. The van der Waals surface area contributed by atoms with Crippen LogP contribution in [0, 0.1) is 0 Å². The highest BCUT2D eigenvalue weighted by molar-refractivity contribution is 6.43. The van der Waals surface area contributed by atoms with Crippen LogP contribution in [0.4, 0.5) is 22.7 Å². The highest BCUT2D eigenvalue weighted by Gasteiger charge is 2.42. The van der Waals surface area contributed by atoms with Gasteiger partial charge in [-0.3, -0.25) is 19.2 Å². The van der Waals surface area contributed by atoms with Gasteiger partial charge in [0.05, 0.1) is 28.2 Å². The molecule has 0 radical (unpaired) electrons. The highest BCUT2D eigenvalue weighted by atomic mass is 16.2. The van der Waals surface area contributed by atoms with Gasteiger partial charge in [-0.25, -0.2) is 9.80 Å². The molecule has 0 spiro atoms. The van der Waals surface area contributed by atoms with Crippen molar-refractivity contribution in [3.63, 3.8) is 0 Å². The van der Waals surface area contributed by atoms with Gasteiger partial charge in [-0.15, -0.1) is 0 Å². The minimum Gasteiger partial charge on any atom is -0.355 e. The number of nitrogens with one attached hydrogen (secondary N) is 1. The van der Waals surface area contributed by atoms with Gasteiger partial charge in [0.2, 0.25) is 0 Å². The van der Waals surface area contributed by atoms with Gasteiger partial charge in [0.15, 0.2) is 0 Å². The molecular weight excluding hydrogens is 671 g/mol. The molecule has 54 heavy (non-hydrogen) atoms. The summed E-state index contributed by atoms with van der Waals surface area (Å²) in [6.45, 7) is 0. The predicted octanol–water partition coefficient (Wildman–Crippen LogP) is 11.2. The number of hydrogen-bond acceptors (Lipinski definition) is 5. The third-order valence-corrected chi connectivity index (χ3v) is 13.0. The van der Waals surface area contributed by atoms with E-state index in [1.807, 2.05) is 60.7 Å². The van der Waals surface area contributed by atoms with Gasteiger partial charge in [0.25, 0.3) is 23.6 Å². The monoisotopic (exact) mass is 713 g/mol. The van der Waals surface area contributed by atoms with Crippen molar-refractivity contribution in [3.8, 4) is 0 Å². The molecule has 3 aliphatic carbocycles. The largest absolute Gasteiger partial charge is 0.355 e. The van der Waals surface area contributed by atoms with E-state index in [4.69, 9.17) is 0 Å². The zero-order valence-electron chi connectivity index (χ0n) is 30.4. The number of anilines is 4. The third-order valence-electron chi connectivity index (χ3n) is 13.0. The van der Waals surface area contributed by atoms with Crippen LogP contribution in [0.5, 0.6) is 0 Å². The molecular formula is C47H43N3O4. The average Bonchev–Trinajstić information content (AvgIpc) is 4.03. The molecule has 0 aromatic heterocycles. The Morgan fingerprint density at radius 1 is 0.426 bits per heavy atom. The summed E-state index contributed by atoms with van der Waals surface area (Å²) in [5.41, 5.74) is 7.10. The Bertz CT molecular complexity index is 2340. The van der Waals surface area contributed by atoms with E-state index in [0.717, 1.165) is 31.4 Å². The van der Waals surface area contributed by atoms with Crippen LogP contribution in [-0.2, 0) is 0 Å². The van der Waals surface area contributed by atoms with Crippen molar-refractivity contribution in [2.45, 2.75) is 94.8 Å². The van der Waals surface area contributed by atoms with Crippen LogP contribution >= 0.6 is 0 Å². The first-order valence-electron chi connectivity index (χ1n) is 19.9. The third kappa shape index (κ3) is 5.31. The van der Waals surface area contributed by atoms with Gasteiger partial charge < -0.3 is 5.32 Å². The summed E-state index contributed by atoms with van der Waals surface area (Å²) in [5, 5.41) is 4.19. The lowest BCUT2D eigenvalue weighted by atomic mass is 9.84. The molecule has 7 heteroatoms. The molecule has 3 fully saturated rings. The first-order chi connectivity index (χ1) is 26.4. The fourth-order valence-corrected chi connectivity index (χ4v) is 10.1. The quantitative estimate of drug-likeness (QED) is 0.170. The molecule has 5 aromatic carbocycles. The lowest BCUT2D eigenvalue weighted by Gasteiger charge is -2.33. The SMILES string of the molecule is O=C1c2ccc3c4c(c(Nc5ccc(C6CCCC6)cc5)cc(c24)C(=O)N1c1ccc(C2CCCC2)cc1)C(=O)N(c1ccc(C2CCCC2)cc1)C3=O. The Labute approximate surface area is 315 Å². The predicted molar refractivity (Wildman–Crippen MR) is 212 cm³/mol. The van der Waals surface area contributed by atoms with Crippen molar-refractivity contribution in [2.24, 2.45) is 0 Å². The number of rotatable bonds is 7. The van der Waals surface area contributed by atoms with Crippen LogP contribution in [0.15, 0.2) is 91.0 Å². The van der Waals surface area contributed by atoms with Gasteiger partial charge >= 0.3 is 0 Å². The Balaban J connectivity index is 1.09. The van der Waals surface area contributed by atoms with Crippen molar-refractivity contribution in [3.05, 3.63) is 130 Å². The number of hydrogen-bond donors (Lipinski definition) is 1. The Morgan fingerprint density at radius 3 is 1.28 bits per heavy atom. The summed E-state index contributed by atoms with van der Waals surface area (Å²) in [4.78, 5) is 60.6. The van der Waals surface area contributed by atoms with E-state index < -0.39 is 23.6 Å². The molecule has 2 aliphatic heterocycles. The zero-order chi connectivity index (χ0) is 36.5. The molecule has 7 nitrogen and oxygen atoms in total. The first-order valence-corrected chi connectivity index (χ1v) is 19.9. The maximum Gasteiger partial charge on any atom is 0.268 e. The van der Waals surface area contributed by atoms with Crippen molar-refractivity contribution in [1.29, 1.82) is 0 Å². The van der Waals surface area contributed by atoms with Crippen LogP contribution in [0.1, 0.15) is 153 Å². The van der Waals surface area contributed by atoms with E-state index in [0.29, 0.717) is 56.7 Å². The fourth-order valence-electron chi connectivity index (χ4n) is 10.1. The number of amides is 4. The van der Waals surface area contributed by atoms with Gasteiger partial charge in [0.1, 0.15) is 0 Å². The Hall–Kier alpha value is -5.56. The Morgan fingerprint density at radius 2 is 0.815 bits per heavy atom. The number of benzene rings is 5. The number of carbonyl (C=O) groups is 4. The van der Waals surface area contributed by atoms with E-state index in [2.05, 4.69) is 17.4 Å². The summed E-state index contributed by atoms with van der Waals surface area (Å²) in [7, 11) is 0. The second-order valence-corrected chi connectivity index (χ2v) is 16.0.